The molecule has 0 spiro atoms. The van der Waals surface area contributed by atoms with Crippen LogP contribution in [0.4, 0.5) is 0 Å². The third kappa shape index (κ3) is 9.01. The van der Waals surface area contributed by atoms with E-state index < -0.39 is 35.0 Å². The van der Waals surface area contributed by atoms with Crippen LogP contribution in [0.1, 0.15) is 73.8 Å². The van der Waals surface area contributed by atoms with Gasteiger partial charge in [-0.1, -0.05) is 85.7 Å². The highest BCUT2D eigenvalue weighted by molar-refractivity contribution is 5.90. The lowest BCUT2D eigenvalue weighted by Crippen LogP contribution is -2.59. The molecule has 0 aliphatic carbocycles. The van der Waals surface area contributed by atoms with E-state index in [1.807, 2.05) is 71.9 Å². The first kappa shape index (κ1) is 36.2. The van der Waals surface area contributed by atoms with E-state index in [4.69, 9.17) is 0 Å². The van der Waals surface area contributed by atoms with Crippen molar-refractivity contribution in [2.75, 3.05) is 33.7 Å². The van der Waals surface area contributed by atoms with Gasteiger partial charge in [-0.15, -0.1) is 0 Å². The van der Waals surface area contributed by atoms with Gasteiger partial charge in [0.25, 0.3) is 0 Å². The quantitative estimate of drug-likeness (QED) is 0.317. The number of aliphatic carboxylic acids is 1. The summed E-state index contributed by atoms with van der Waals surface area (Å²) in [4.78, 5) is 57.2. The Bertz CT molecular complexity index is 1120. The van der Waals surface area contributed by atoms with E-state index in [2.05, 4.69) is 19.2 Å². The second kappa shape index (κ2) is 14.7. The average molecular weight is 603 g/mol. The number of likely N-dealkylation sites (tertiary alicyclic amines) is 1. The SMILES string of the molecule is CCC(C(=O)N[C@H](C(=O)N(C)[C@H](CN(C)CC(=O)N1C[C@H](O)C[C@H]1C(=O)O)C(C)C)C(C)(C)C)C(C)(C)c1ccccc1. The Labute approximate surface area is 257 Å². The molecule has 1 aromatic rings. The van der Waals surface area contributed by atoms with Crippen LogP contribution in [-0.4, -0.2) is 107 Å². The number of aliphatic hydroxyl groups is 1. The third-order valence-corrected chi connectivity index (χ3v) is 8.92. The summed E-state index contributed by atoms with van der Waals surface area (Å²) in [6, 6.07) is 7.83. The number of nitrogens with one attached hydrogen (secondary N) is 1. The molecule has 1 heterocycles. The molecule has 0 radical (unpaired) electrons. The summed E-state index contributed by atoms with van der Waals surface area (Å²) in [6.45, 7) is 16.2. The maximum Gasteiger partial charge on any atom is 0.326 e. The fraction of sp³-hybridized carbons (Fsp3) is 0.697. The van der Waals surface area contributed by atoms with Crippen molar-refractivity contribution < 1.29 is 29.4 Å². The number of carboxylic acids is 1. The molecule has 0 aromatic heterocycles. The predicted molar refractivity (Wildman–Crippen MR) is 167 cm³/mol. The first-order valence-corrected chi connectivity index (χ1v) is 15.3. The first-order valence-electron chi connectivity index (χ1n) is 15.3. The molecule has 1 unspecified atom stereocenters. The van der Waals surface area contributed by atoms with Gasteiger partial charge in [-0.2, -0.15) is 0 Å². The average Bonchev–Trinajstić information content (AvgIpc) is 3.31. The molecule has 5 atom stereocenters. The number of carbonyl (C=O) groups is 4. The van der Waals surface area contributed by atoms with Crippen molar-refractivity contribution in [2.45, 2.75) is 97.9 Å². The van der Waals surface area contributed by atoms with Crippen molar-refractivity contribution >= 4 is 23.7 Å². The lowest BCUT2D eigenvalue weighted by molar-refractivity contribution is -0.148. The summed E-state index contributed by atoms with van der Waals surface area (Å²) in [5.41, 5.74) is 0.0450. The van der Waals surface area contributed by atoms with E-state index in [0.29, 0.717) is 13.0 Å². The zero-order valence-corrected chi connectivity index (χ0v) is 27.8. The van der Waals surface area contributed by atoms with E-state index in [1.54, 1.807) is 23.9 Å². The number of benzene rings is 1. The van der Waals surface area contributed by atoms with Crippen LogP contribution in [0.5, 0.6) is 0 Å². The van der Waals surface area contributed by atoms with Gasteiger partial charge in [0.2, 0.25) is 17.7 Å². The third-order valence-electron chi connectivity index (χ3n) is 8.92. The van der Waals surface area contributed by atoms with Gasteiger partial charge >= 0.3 is 5.97 Å². The molecule has 43 heavy (non-hydrogen) atoms. The number of carboxylic acid groups (broad SMARTS) is 1. The Morgan fingerprint density at radius 3 is 2.12 bits per heavy atom. The monoisotopic (exact) mass is 602 g/mol. The summed E-state index contributed by atoms with van der Waals surface area (Å²) in [7, 11) is 3.49. The highest BCUT2D eigenvalue weighted by Crippen LogP contribution is 2.35. The summed E-state index contributed by atoms with van der Waals surface area (Å²) < 4.78 is 0. The summed E-state index contributed by atoms with van der Waals surface area (Å²) in [6.07, 6.45) is -0.241. The van der Waals surface area contributed by atoms with E-state index >= 15 is 0 Å². The van der Waals surface area contributed by atoms with Gasteiger partial charge in [0.15, 0.2) is 0 Å². The van der Waals surface area contributed by atoms with Crippen LogP contribution in [-0.2, 0) is 24.6 Å². The molecule has 1 aliphatic heterocycles. The van der Waals surface area contributed by atoms with Crippen LogP contribution < -0.4 is 5.32 Å². The molecule has 3 amide bonds. The smallest absolute Gasteiger partial charge is 0.326 e. The zero-order valence-electron chi connectivity index (χ0n) is 27.8. The van der Waals surface area contributed by atoms with Gasteiger partial charge in [0, 0.05) is 43.9 Å². The van der Waals surface area contributed by atoms with Gasteiger partial charge in [0.1, 0.15) is 12.1 Å². The fourth-order valence-electron chi connectivity index (χ4n) is 6.16. The number of rotatable bonds is 13. The molecule has 3 N–H and O–H groups in total. The second-order valence-electron chi connectivity index (χ2n) is 14.1. The van der Waals surface area contributed by atoms with Crippen molar-refractivity contribution in [3.63, 3.8) is 0 Å². The van der Waals surface area contributed by atoms with Gasteiger partial charge in [-0.25, -0.2) is 4.79 Å². The minimum absolute atomic E-state index is 0.0115. The minimum atomic E-state index is -1.13. The molecule has 242 valence electrons. The van der Waals surface area contributed by atoms with E-state index in [0.717, 1.165) is 5.56 Å². The normalized spacial score (nSPS) is 19.7. The van der Waals surface area contributed by atoms with Crippen molar-refractivity contribution in [3.05, 3.63) is 35.9 Å². The van der Waals surface area contributed by atoms with E-state index in [9.17, 15) is 29.4 Å². The number of hydrogen-bond donors (Lipinski definition) is 3. The largest absolute Gasteiger partial charge is 0.480 e. The fourth-order valence-corrected chi connectivity index (χ4v) is 6.16. The van der Waals surface area contributed by atoms with E-state index in [1.165, 1.54) is 4.90 Å². The summed E-state index contributed by atoms with van der Waals surface area (Å²) >= 11 is 0. The molecule has 1 aromatic carbocycles. The number of hydrogen-bond acceptors (Lipinski definition) is 6. The van der Waals surface area contributed by atoms with Crippen molar-refractivity contribution in [3.8, 4) is 0 Å². The molecular formula is C33H54N4O6. The Morgan fingerprint density at radius 2 is 1.63 bits per heavy atom. The molecule has 0 bridgehead atoms. The number of aliphatic hydroxyl groups excluding tert-OH is 1. The number of likely N-dealkylation sites (N-methyl/N-ethyl adjacent to an activating group) is 2. The predicted octanol–water partition coefficient (Wildman–Crippen LogP) is 2.98. The lowest BCUT2D eigenvalue weighted by Gasteiger charge is -2.41. The first-order chi connectivity index (χ1) is 19.8. The van der Waals surface area contributed by atoms with Crippen LogP contribution >= 0.6 is 0 Å². The number of nitrogens with zero attached hydrogens (tertiary/aromatic N) is 3. The standard InChI is InChI=1S/C33H54N4O6/c1-11-24(33(7,8)22-15-13-12-14-16-22)29(40)34-28(32(4,5)6)30(41)36(10)26(21(2)3)19-35(9)20-27(39)37-18-23(38)17-25(37)31(42)43/h12-16,21,23-26,28,38H,11,17-20H2,1-10H3,(H,34,40)(H,42,43)/t23-,24?,25+,26-,28-/m1/s1. The van der Waals surface area contributed by atoms with Crippen LogP contribution in [0, 0.1) is 17.3 Å². The Hall–Kier alpha value is -2.98. The minimum Gasteiger partial charge on any atom is -0.480 e. The van der Waals surface area contributed by atoms with Crippen molar-refractivity contribution in [1.29, 1.82) is 0 Å². The Morgan fingerprint density at radius 1 is 1.05 bits per heavy atom. The Kier molecular flexibility index (Phi) is 12.3. The van der Waals surface area contributed by atoms with Gasteiger partial charge < -0.3 is 25.3 Å². The Balaban J connectivity index is 2.21. The highest BCUT2D eigenvalue weighted by atomic mass is 16.4. The molecular weight excluding hydrogens is 548 g/mol. The molecule has 1 saturated heterocycles. The van der Waals surface area contributed by atoms with E-state index in [-0.39, 0.29) is 55.1 Å². The number of β-amino-alcohol motifs (C(OH)–C–C–N with tert-alkyl or cyclic N) is 1. The summed E-state index contributed by atoms with van der Waals surface area (Å²) in [5.74, 6) is -2.21. The van der Waals surface area contributed by atoms with Crippen LogP contribution in [0.3, 0.4) is 0 Å². The molecule has 1 aliphatic rings. The van der Waals surface area contributed by atoms with Crippen LogP contribution in [0.25, 0.3) is 0 Å². The van der Waals surface area contributed by atoms with Crippen LogP contribution in [0.2, 0.25) is 0 Å². The molecule has 1 fully saturated rings. The second-order valence-corrected chi connectivity index (χ2v) is 14.1. The highest BCUT2D eigenvalue weighted by Gasteiger charge is 2.42. The zero-order chi connectivity index (χ0) is 32.9. The maximum absolute atomic E-state index is 14.1. The van der Waals surface area contributed by atoms with Gasteiger partial charge in [-0.3, -0.25) is 19.3 Å². The lowest BCUT2D eigenvalue weighted by atomic mass is 9.71. The summed E-state index contributed by atoms with van der Waals surface area (Å²) in [5, 5.41) is 22.5. The van der Waals surface area contributed by atoms with Gasteiger partial charge in [-0.05, 0) is 30.4 Å². The van der Waals surface area contributed by atoms with Crippen molar-refractivity contribution in [2.24, 2.45) is 17.3 Å². The van der Waals surface area contributed by atoms with Crippen LogP contribution in [0.15, 0.2) is 30.3 Å². The number of carbonyl (C=O) groups excluding carboxylic acids is 3. The number of amides is 3. The molecule has 10 heteroatoms. The molecule has 0 saturated carbocycles. The van der Waals surface area contributed by atoms with Crippen molar-refractivity contribution in [1.82, 2.24) is 20.0 Å². The molecule has 2 rings (SSSR count). The van der Waals surface area contributed by atoms with Gasteiger partial charge in [0.05, 0.1) is 12.6 Å². The maximum atomic E-state index is 14.1. The topological polar surface area (TPSA) is 130 Å². The molecule has 10 nitrogen and oxygen atoms in total.